The molecular weight excluding hydrogens is 347 g/mol. The minimum absolute atomic E-state index is 0.0364. The molecule has 21 heavy (non-hydrogen) atoms. The van der Waals surface area contributed by atoms with Gasteiger partial charge in [0.25, 0.3) is 5.91 Å². The number of carbonyl (C=O) groups excluding carboxylic acids is 1. The standard InChI is InChI=1S/C15H11BrF3NO/c1-8(10-6-5-9(17)7-13(10)19)20-15(21)11-3-2-4-12(18)14(11)16/h2-8H,1H3,(H,20,21). The molecule has 0 saturated carbocycles. The maximum Gasteiger partial charge on any atom is 0.253 e. The van der Waals surface area contributed by atoms with Crippen molar-refractivity contribution in [1.82, 2.24) is 5.32 Å². The second-order valence-corrected chi connectivity index (χ2v) is 5.26. The molecule has 1 amide bonds. The molecule has 0 aliphatic heterocycles. The monoisotopic (exact) mass is 357 g/mol. The summed E-state index contributed by atoms with van der Waals surface area (Å²) < 4.78 is 39.9. The minimum atomic E-state index is -0.749. The minimum Gasteiger partial charge on any atom is -0.345 e. The van der Waals surface area contributed by atoms with Gasteiger partial charge < -0.3 is 5.32 Å². The quantitative estimate of drug-likeness (QED) is 0.868. The summed E-state index contributed by atoms with van der Waals surface area (Å²) in [5.41, 5.74) is 0.252. The molecule has 0 aromatic heterocycles. The van der Waals surface area contributed by atoms with Crippen LogP contribution in [-0.4, -0.2) is 5.91 Å². The highest BCUT2D eigenvalue weighted by molar-refractivity contribution is 9.10. The number of hydrogen-bond donors (Lipinski definition) is 1. The number of carbonyl (C=O) groups is 1. The lowest BCUT2D eigenvalue weighted by Gasteiger charge is -2.16. The number of hydrogen-bond acceptors (Lipinski definition) is 1. The Kier molecular flexibility index (Phi) is 4.67. The van der Waals surface area contributed by atoms with Crippen LogP contribution in [0.5, 0.6) is 0 Å². The normalized spacial score (nSPS) is 12.0. The summed E-state index contributed by atoms with van der Waals surface area (Å²) in [6.07, 6.45) is 0. The van der Waals surface area contributed by atoms with E-state index < -0.39 is 29.4 Å². The molecule has 0 aliphatic rings. The van der Waals surface area contributed by atoms with Crippen molar-refractivity contribution in [2.75, 3.05) is 0 Å². The van der Waals surface area contributed by atoms with Gasteiger partial charge in [-0.1, -0.05) is 12.1 Å². The maximum absolute atomic E-state index is 13.6. The van der Waals surface area contributed by atoms with Crippen LogP contribution in [0.3, 0.4) is 0 Å². The van der Waals surface area contributed by atoms with Gasteiger partial charge in [0.15, 0.2) is 0 Å². The Balaban J connectivity index is 2.21. The van der Waals surface area contributed by atoms with Crippen LogP contribution in [0.15, 0.2) is 40.9 Å². The van der Waals surface area contributed by atoms with Crippen molar-refractivity contribution in [3.8, 4) is 0 Å². The number of amides is 1. The Bertz CT molecular complexity index is 691. The van der Waals surface area contributed by atoms with E-state index in [1.807, 2.05) is 0 Å². The molecule has 0 bridgehead atoms. The first-order valence-electron chi connectivity index (χ1n) is 6.10. The van der Waals surface area contributed by atoms with Gasteiger partial charge in [-0.15, -0.1) is 0 Å². The first-order valence-corrected chi connectivity index (χ1v) is 6.89. The van der Waals surface area contributed by atoms with Gasteiger partial charge in [-0.05, 0) is 41.1 Å². The van der Waals surface area contributed by atoms with Crippen molar-refractivity contribution >= 4 is 21.8 Å². The molecule has 0 fully saturated rings. The summed E-state index contributed by atoms with van der Waals surface area (Å²) in [5.74, 6) is -2.57. The van der Waals surface area contributed by atoms with Crippen molar-refractivity contribution < 1.29 is 18.0 Å². The van der Waals surface area contributed by atoms with Crippen molar-refractivity contribution in [2.45, 2.75) is 13.0 Å². The topological polar surface area (TPSA) is 29.1 Å². The smallest absolute Gasteiger partial charge is 0.253 e. The fraction of sp³-hybridized carbons (Fsp3) is 0.133. The van der Waals surface area contributed by atoms with E-state index in [4.69, 9.17) is 0 Å². The Morgan fingerprint density at radius 3 is 2.52 bits per heavy atom. The molecule has 6 heteroatoms. The Morgan fingerprint density at radius 2 is 1.86 bits per heavy atom. The predicted molar refractivity (Wildman–Crippen MR) is 76.3 cm³/mol. The zero-order chi connectivity index (χ0) is 15.6. The molecule has 2 nitrogen and oxygen atoms in total. The molecule has 1 unspecified atom stereocenters. The van der Waals surface area contributed by atoms with E-state index in [9.17, 15) is 18.0 Å². The Labute approximate surface area is 128 Å². The van der Waals surface area contributed by atoms with Crippen molar-refractivity contribution in [2.24, 2.45) is 0 Å². The number of nitrogens with one attached hydrogen (secondary N) is 1. The van der Waals surface area contributed by atoms with Gasteiger partial charge in [-0.2, -0.15) is 0 Å². The molecule has 1 atom stereocenters. The van der Waals surface area contributed by atoms with Crippen LogP contribution in [0, 0.1) is 17.5 Å². The number of halogens is 4. The van der Waals surface area contributed by atoms with E-state index in [-0.39, 0.29) is 15.6 Å². The summed E-state index contributed by atoms with van der Waals surface area (Å²) in [4.78, 5) is 12.1. The molecular formula is C15H11BrF3NO. The van der Waals surface area contributed by atoms with Gasteiger partial charge in [0.1, 0.15) is 17.5 Å². The molecule has 0 saturated heterocycles. The molecule has 0 spiro atoms. The average Bonchev–Trinajstić information content (AvgIpc) is 2.41. The second-order valence-electron chi connectivity index (χ2n) is 4.46. The number of rotatable bonds is 3. The lowest BCUT2D eigenvalue weighted by molar-refractivity contribution is 0.0938. The van der Waals surface area contributed by atoms with Crippen LogP contribution >= 0.6 is 15.9 Å². The largest absolute Gasteiger partial charge is 0.345 e. The zero-order valence-corrected chi connectivity index (χ0v) is 12.5. The third kappa shape index (κ3) is 3.44. The third-order valence-electron chi connectivity index (χ3n) is 2.97. The predicted octanol–water partition coefficient (Wildman–Crippen LogP) is 4.36. The second kappa shape index (κ2) is 6.30. The summed E-state index contributed by atoms with van der Waals surface area (Å²) in [6.45, 7) is 1.56. The SMILES string of the molecule is CC(NC(=O)c1cccc(F)c1Br)c1ccc(F)cc1F. The lowest BCUT2D eigenvalue weighted by Crippen LogP contribution is -2.27. The van der Waals surface area contributed by atoms with Crippen molar-refractivity contribution in [3.05, 3.63) is 69.4 Å². The molecule has 2 aromatic rings. The van der Waals surface area contributed by atoms with Gasteiger partial charge in [-0.3, -0.25) is 4.79 Å². The van der Waals surface area contributed by atoms with E-state index in [2.05, 4.69) is 21.2 Å². The molecule has 0 radical (unpaired) electrons. The van der Waals surface area contributed by atoms with Crippen LogP contribution in [0.1, 0.15) is 28.9 Å². The Hall–Kier alpha value is -1.82. The molecule has 2 aromatic carbocycles. The highest BCUT2D eigenvalue weighted by Crippen LogP contribution is 2.22. The fourth-order valence-electron chi connectivity index (χ4n) is 1.88. The first kappa shape index (κ1) is 15.6. The van der Waals surface area contributed by atoms with Crippen LogP contribution in [-0.2, 0) is 0 Å². The van der Waals surface area contributed by atoms with E-state index in [1.165, 1.54) is 24.3 Å². The van der Waals surface area contributed by atoms with Crippen molar-refractivity contribution in [3.63, 3.8) is 0 Å². The summed E-state index contributed by atoms with van der Waals surface area (Å²) in [5, 5.41) is 2.54. The summed E-state index contributed by atoms with van der Waals surface area (Å²) >= 11 is 2.99. The molecule has 0 aliphatic carbocycles. The Morgan fingerprint density at radius 1 is 1.14 bits per heavy atom. The van der Waals surface area contributed by atoms with E-state index in [0.717, 1.165) is 12.1 Å². The van der Waals surface area contributed by atoms with Crippen LogP contribution < -0.4 is 5.32 Å². The fourth-order valence-corrected chi connectivity index (χ4v) is 2.33. The van der Waals surface area contributed by atoms with Crippen molar-refractivity contribution in [1.29, 1.82) is 0 Å². The summed E-state index contributed by atoms with van der Waals surface area (Å²) in [7, 11) is 0. The number of benzene rings is 2. The average molecular weight is 358 g/mol. The van der Waals surface area contributed by atoms with E-state index >= 15 is 0 Å². The highest BCUT2D eigenvalue weighted by Gasteiger charge is 2.18. The van der Waals surface area contributed by atoms with Gasteiger partial charge in [0.05, 0.1) is 16.1 Å². The third-order valence-corrected chi connectivity index (χ3v) is 3.78. The van der Waals surface area contributed by atoms with Gasteiger partial charge in [0.2, 0.25) is 0 Å². The van der Waals surface area contributed by atoms with Gasteiger partial charge in [0, 0.05) is 11.6 Å². The zero-order valence-electron chi connectivity index (χ0n) is 11.0. The van der Waals surface area contributed by atoms with Gasteiger partial charge in [-0.25, -0.2) is 13.2 Å². The highest BCUT2D eigenvalue weighted by atomic mass is 79.9. The van der Waals surface area contributed by atoms with E-state index in [1.54, 1.807) is 6.92 Å². The van der Waals surface area contributed by atoms with Crippen LogP contribution in [0.4, 0.5) is 13.2 Å². The van der Waals surface area contributed by atoms with E-state index in [0.29, 0.717) is 0 Å². The molecule has 2 rings (SSSR count). The first-order chi connectivity index (χ1) is 9.90. The molecule has 0 heterocycles. The summed E-state index contributed by atoms with van der Waals surface area (Å²) in [6, 6.07) is 6.48. The molecule has 1 N–H and O–H groups in total. The maximum atomic E-state index is 13.6. The van der Waals surface area contributed by atoms with Gasteiger partial charge >= 0.3 is 0 Å². The van der Waals surface area contributed by atoms with Crippen LogP contribution in [0.2, 0.25) is 0 Å². The van der Waals surface area contributed by atoms with Crippen LogP contribution in [0.25, 0.3) is 0 Å². The lowest BCUT2D eigenvalue weighted by atomic mass is 10.1. The molecule has 110 valence electrons.